The minimum absolute atomic E-state index is 0.0450. The highest BCUT2D eigenvalue weighted by atomic mass is 19.2. The van der Waals surface area contributed by atoms with Gasteiger partial charge in [-0.15, -0.1) is 0 Å². The van der Waals surface area contributed by atoms with Crippen molar-refractivity contribution in [1.82, 2.24) is 4.98 Å². The Morgan fingerprint density at radius 1 is 1.20 bits per heavy atom. The molecule has 1 heterocycles. The summed E-state index contributed by atoms with van der Waals surface area (Å²) in [6, 6.07) is 0.773. The maximum atomic E-state index is 13.9. The number of anilines is 1. The smallest absolute Gasteiger partial charge is 0.251 e. The van der Waals surface area contributed by atoms with Crippen LogP contribution in [0.1, 0.15) is 46.0 Å². The third-order valence-corrected chi connectivity index (χ3v) is 3.85. The van der Waals surface area contributed by atoms with Gasteiger partial charge in [0.1, 0.15) is 0 Å². The van der Waals surface area contributed by atoms with Gasteiger partial charge in [-0.25, -0.2) is 8.78 Å². The lowest BCUT2D eigenvalue weighted by molar-refractivity contribution is 0.453. The van der Waals surface area contributed by atoms with E-state index >= 15 is 0 Å². The van der Waals surface area contributed by atoms with Crippen LogP contribution in [0.4, 0.5) is 19.0 Å². The Labute approximate surface area is 118 Å². The first kappa shape index (κ1) is 15.1. The fourth-order valence-corrected chi connectivity index (χ4v) is 2.71. The van der Waals surface area contributed by atoms with Gasteiger partial charge >= 0.3 is 0 Å². The van der Waals surface area contributed by atoms with E-state index in [4.69, 9.17) is 0 Å². The number of halogens is 3. The number of aromatic nitrogens is 1. The predicted octanol–water partition coefficient (Wildman–Crippen LogP) is 4.29. The van der Waals surface area contributed by atoms with Gasteiger partial charge in [0.15, 0.2) is 17.5 Å². The van der Waals surface area contributed by atoms with Gasteiger partial charge in [0, 0.05) is 18.7 Å². The van der Waals surface area contributed by atoms with Gasteiger partial charge in [-0.2, -0.15) is 9.37 Å². The van der Waals surface area contributed by atoms with E-state index in [0.717, 1.165) is 32.1 Å². The van der Waals surface area contributed by atoms with Crippen molar-refractivity contribution in [3.05, 3.63) is 23.6 Å². The van der Waals surface area contributed by atoms with Crippen LogP contribution >= 0.6 is 0 Å². The summed E-state index contributed by atoms with van der Waals surface area (Å²) in [5, 5.41) is 0. The lowest BCUT2D eigenvalue weighted by atomic mass is 10.1. The summed E-state index contributed by atoms with van der Waals surface area (Å²) in [7, 11) is 0. The van der Waals surface area contributed by atoms with Crippen molar-refractivity contribution in [2.75, 3.05) is 11.4 Å². The molecule has 1 aliphatic carbocycles. The first-order valence-electron chi connectivity index (χ1n) is 7.27. The quantitative estimate of drug-likeness (QED) is 0.750. The number of hydrogen-bond donors (Lipinski definition) is 0. The zero-order valence-electron chi connectivity index (χ0n) is 12.0. The Morgan fingerprint density at radius 3 is 2.45 bits per heavy atom. The zero-order valence-corrected chi connectivity index (χ0v) is 12.0. The first-order chi connectivity index (χ1) is 9.49. The summed E-state index contributed by atoms with van der Waals surface area (Å²) in [6.07, 6.45) is 4.97. The van der Waals surface area contributed by atoms with Crippen LogP contribution in [0.3, 0.4) is 0 Å². The molecule has 1 saturated carbocycles. The summed E-state index contributed by atoms with van der Waals surface area (Å²) in [5.74, 6) is -2.82. The monoisotopic (exact) mass is 286 g/mol. The summed E-state index contributed by atoms with van der Waals surface area (Å²) >= 11 is 0. The zero-order chi connectivity index (χ0) is 14.7. The van der Waals surface area contributed by atoms with Crippen LogP contribution in [0.5, 0.6) is 0 Å². The molecule has 0 radical (unpaired) electrons. The van der Waals surface area contributed by atoms with E-state index < -0.39 is 17.6 Å². The van der Waals surface area contributed by atoms with Gasteiger partial charge in [-0.05, 0) is 25.2 Å². The van der Waals surface area contributed by atoms with Crippen LogP contribution in [0.2, 0.25) is 0 Å². The molecule has 0 unspecified atom stereocenters. The normalized spacial score (nSPS) is 16.1. The fraction of sp³-hybridized carbons (Fsp3) is 0.667. The second-order valence-corrected chi connectivity index (χ2v) is 5.88. The standard InChI is InChI=1S/C15H21F3N2/c1-10(2)7-8-20(11-5-3-4-6-11)15-13(17)9-12(16)14(18)19-15/h9-11H,3-8H2,1-2H3. The molecule has 1 aromatic rings. The molecule has 1 aromatic heterocycles. The predicted molar refractivity (Wildman–Crippen MR) is 73.2 cm³/mol. The molecule has 0 N–H and O–H groups in total. The minimum Gasteiger partial charge on any atom is -0.351 e. The molecule has 0 aliphatic heterocycles. The molecule has 0 saturated heterocycles. The Bertz CT molecular complexity index is 457. The van der Waals surface area contributed by atoms with Crippen molar-refractivity contribution in [2.24, 2.45) is 5.92 Å². The van der Waals surface area contributed by atoms with Crippen molar-refractivity contribution in [3.63, 3.8) is 0 Å². The van der Waals surface area contributed by atoms with Crippen molar-refractivity contribution in [1.29, 1.82) is 0 Å². The van der Waals surface area contributed by atoms with Gasteiger partial charge in [0.2, 0.25) is 0 Å². The Kier molecular flexibility index (Phi) is 4.89. The lowest BCUT2D eigenvalue weighted by Gasteiger charge is -2.31. The van der Waals surface area contributed by atoms with E-state index in [9.17, 15) is 13.2 Å². The van der Waals surface area contributed by atoms with Crippen LogP contribution in [0.15, 0.2) is 6.07 Å². The molecule has 0 aromatic carbocycles. The average Bonchev–Trinajstić information content (AvgIpc) is 2.89. The molecule has 2 rings (SSSR count). The third-order valence-electron chi connectivity index (χ3n) is 3.85. The van der Waals surface area contributed by atoms with Crippen LogP contribution in [0, 0.1) is 23.5 Å². The second-order valence-electron chi connectivity index (χ2n) is 5.88. The van der Waals surface area contributed by atoms with Crippen LogP contribution in [-0.4, -0.2) is 17.6 Å². The average molecular weight is 286 g/mol. The number of rotatable bonds is 5. The van der Waals surface area contributed by atoms with E-state index in [2.05, 4.69) is 18.8 Å². The Hall–Kier alpha value is -1.26. The first-order valence-corrected chi connectivity index (χ1v) is 7.27. The van der Waals surface area contributed by atoms with E-state index in [1.807, 2.05) is 4.90 Å². The summed E-state index contributed by atoms with van der Waals surface area (Å²) < 4.78 is 40.3. The van der Waals surface area contributed by atoms with E-state index in [-0.39, 0.29) is 11.9 Å². The van der Waals surface area contributed by atoms with Crippen molar-refractivity contribution in [3.8, 4) is 0 Å². The molecule has 2 nitrogen and oxygen atoms in total. The molecule has 1 aliphatic rings. The van der Waals surface area contributed by atoms with Gasteiger partial charge in [0.25, 0.3) is 5.95 Å². The lowest BCUT2D eigenvalue weighted by Crippen LogP contribution is -2.36. The molecule has 5 heteroatoms. The van der Waals surface area contributed by atoms with Crippen LogP contribution in [-0.2, 0) is 0 Å². The molecule has 0 amide bonds. The molecule has 20 heavy (non-hydrogen) atoms. The Morgan fingerprint density at radius 2 is 1.85 bits per heavy atom. The van der Waals surface area contributed by atoms with Gasteiger partial charge in [-0.3, -0.25) is 0 Å². The van der Waals surface area contributed by atoms with Crippen molar-refractivity contribution in [2.45, 2.75) is 52.0 Å². The summed E-state index contributed by atoms with van der Waals surface area (Å²) in [5.41, 5.74) is 0. The minimum atomic E-state index is -1.23. The number of hydrogen-bond acceptors (Lipinski definition) is 2. The number of pyridine rings is 1. The van der Waals surface area contributed by atoms with Crippen LogP contribution < -0.4 is 4.90 Å². The summed E-state index contributed by atoms with van der Waals surface area (Å²) in [6.45, 7) is 4.79. The van der Waals surface area contributed by atoms with Crippen LogP contribution in [0.25, 0.3) is 0 Å². The van der Waals surface area contributed by atoms with E-state index in [0.29, 0.717) is 18.5 Å². The topological polar surface area (TPSA) is 16.1 Å². The van der Waals surface area contributed by atoms with Crippen molar-refractivity contribution >= 4 is 5.82 Å². The van der Waals surface area contributed by atoms with E-state index in [1.54, 1.807) is 0 Å². The van der Waals surface area contributed by atoms with Gasteiger partial charge in [-0.1, -0.05) is 26.7 Å². The molecule has 1 fully saturated rings. The van der Waals surface area contributed by atoms with Gasteiger partial charge in [0.05, 0.1) is 0 Å². The highest BCUT2D eigenvalue weighted by Crippen LogP contribution is 2.30. The van der Waals surface area contributed by atoms with E-state index in [1.165, 1.54) is 0 Å². The summed E-state index contributed by atoms with van der Waals surface area (Å²) in [4.78, 5) is 5.33. The maximum Gasteiger partial charge on any atom is 0.251 e. The highest BCUT2D eigenvalue weighted by Gasteiger charge is 2.27. The number of nitrogens with zero attached hydrogens (tertiary/aromatic N) is 2. The molecule has 0 atom stereocenters. The fourth-order valence-electron chi connectivity index (χ4n) is 2.71. The maximum absolute atomic E-state index is 13.9. The third kappa shape index (κ3) is 3.44. The highest BCUT2D eigenvalue weighted by molar-refractivity contribution is 5.41. The molecule has 0 bridgehead atoms. The molecular formula is C15H21F3N2. The Balaban J connectivity index is 2.27. The van der Waals surface area contributed by atoms with Gasteiger partial charge < -0.3 is 4.90 Å². The van der Waals surface area contributed by atoms with Crippen molar-refractivity contribution < 1.29 is 13.2 Å². The molecule has 112 valence electrons. The SMILES string of the molecule is CC(C)CCN(c1nc(F)c(F)cc1F)C1CCCC1. The second kappa shape index (κ2) is 6.46. The molecule has 0 spiro atoms. The molecular weight excluding hydrogens is 265 g/mol. The largest absolute Gasteiger partial charge is 0.351 e.